The number of hydrogen-bond acceptors (Lipinski definition) is 5. The molecule has 0 saturated carbocycles. The molecule has 1 aliphatic heterocycles. The number of aliphatic hydroxyl groups excluding tert-OH is 1. The molecular formula is C15H21N3O2S. The maximum Gasteiger partial charge on any atom is 0.226 e. The van der Waals surface area contributed by atoms with Crippen molar-refractivity contribution in [2.45, 2.75) is 44.8 Å². The molecule has 0 bridgehead atoms. The van der Waals surface area contributed by atoms with Gasteiger partial charge < -0.3 is 10.4 Å². The third kappa shape index (κ3) is 4.27. The van der Waals surface area contributed by atoms with Crippen LogP contribution in [0.25, 0.3) is 0 Å². The van der Waals surface area contributed by atoms with Crippen molar-refractivity contribution >= 4 is 22.2 Å². The highest BCUT2D eigenvalue weighted by Gasteiger charge is 2.26. The Labute approximate surface area is 129 Å². The lowest BCUT2D eigenvalue weighted by molar-refractivity contribution is -0.116. The van der Waals surface area contributed by atoms with Crippen molar-refractivity contribution in [3.05, 3.63) is 17.0 Å². The second-order valence-corrected chi connectivity index (χ2v) is 6.33. The van der Waals surface area contributed by atoms with Gasteiger partial charge in [-0.05, 0) is 37.8 Å². The quantitative estimate of drug-likeness (QED) is 0.874. The molecule has 6 heteroatoms. The molecule has 1 aliphatic rings. The first-order valence-electron chi connectivity index (χ1n) is 7.31. The zero-order chi connectivity index (χ0) is 15.2. The lowest BCUT2D eigenvalue weighted by Gasteiger charge is -2.37. The fourth-order valence-electron chi connectivity index (χ4n) is 2.77. The van der Waals surface area contributed by atoms with Crippen molar-refractivity contribution in [2.75, 3.05) is 18.4 Å². The van der Waals surface area contributed by atoms with Crippen LogP contribution in [0.2, 0.25) is 0 Å². The van der Waals surface area contributed by atoms with E-state index in [-0.39, 0.29) is 18.1 Å². The molecule has 2 unspecified atom stereocenters. The Balaban J connectivity index is 1.84. The highest BCUT2D eigenvalue weighted by Crippen LogP contribution is 2.23. The fourth-order valence-corrected chi connectivity index (χ4v) is 3.52. The number of rotatable bonds is 5. The maximum atomic E-state index is 12.0. The summed E-state index contributed by atoms with van der Waals surface area (Å²) in [6.45, 7) is 3.40. The molecule has 21 heavy (non-hydrogen) atoms. The summed E-state index contributed by atoms with van der Waals surface area (Å²) < 4.78 is 0. The first-order chi connectivity index (χ1) is 10.1. The van der Waals surface area contributed by atoms with E-state index >= 15 is 0 Å². The van der Waals surface area contributed by atoms with Gasteiger partial charge in [0.2, 0.25) is 5.91 Å². The van der Waals surface area contributed by atoms with Crippen LogP contribution < -0.4 is 5.32 Å². The van der Waals surface area contributed by atoms with Crippen LogP contribution in [-0.2, 0) is 4.79 Å². The van der Waals surface area contributed by atoms with Crippen LogP contribution in [0, 0.1) is 11.3 Å². The van der Waals surface area contributed by atoms with Gasteiger partial charge in [0.1, 0.15) is 11.1 Å². The number of amides is 1. The highest BCUT2D eigenvalue weighted by molar-refractivity contribution is 7.14. The zero-order valence-electron chi connectivity index (χ0n) is 12.2. The molecule has 2 rings (SSSR count). The summed E-state index contributed by atoms with van der Waals surface area (Å²) in [5.41, 5.74) is 0.508. The van der Waals surface area contributed by atoms with E-state index in [1.807, 2.05) is 6.92 Å². The van der Waals surface area contributed by atoms with E-state index in [9.17, 15) is 9.90 Å². The Hall–Kier alpha value is -1.42. The Bertz CT molecular complexity index is 521. The van der Waals surface area contributed by atoms with E-state index in [1.54, 1.807) is 11.4 Å². The lowest BCUT2D eigenvalue weighted by atomic mass is 9.98. The maximum absolute atomic E-state index is 12.0. The Morgan fingerprint density at radius 1 is 1.67 bits per heavy atom. The summed E-state index contributed by atoms with van der Waals surface area (Å²) in [5.74, 6) is -0.0798. The van der Waals surface area contributed by atoms with Gasteiger partial charge in [-0.25, -0.2) is 0 Å². The molecule has 5 nitrogen and oxygen atoms in total. The average Bonchev–Trinajstić information content (AvgIpc) is 2.92. The van der Waals surface area contributed by atoms with Gasteiger partial charge in [0.25, 0.3) is 0 Å². The van der Waals surface area contributed by atoms with Gasteiger partial charge in [-0.15, -0.1) is 11.3 Å². The minimum Gasteiger partial charge on any atom is -0.392 e. The predicted octanol–water partition coefficient (Wildman–Crippen LogP) is 2.18. The molecule has 2 N–H and O–H groups in total. The number of nitrogens with one attached hydrogen (secondary N) is 1. The molecule has 1 fully saturated rings. The van der Waals surface area contributed by atoms with Crippen molar-refractivity contribution in [3.63, 3.8) is 0 Å². The normalized spacial score (nSPS) is 20.7. The van der Waals surface area contributed by atoms with Crippen molar-refractivity contribution in [1.29, 1.82) is 5.26 Å². The number of likely N-dealkylation sites (tertiary alicyclic amines) is 1. The summed E-state index contributed by atoms with van der Waals surface area (Å²) in [4.78, 5) is 14.2. The minimum atomic E-state index is -0.365. The van der Waals surface area contributed by atoms with Gasteiger partial charge in [-0.1, -0.05) is 6.42 Å². The van der Waals surface area contributed by atoms with Crippen LogP contribution in [0.3, 0.4) is 0 Å². The third-order valence-corrected chi connectivity index (χ3v) is 4.72. The summed E-state index contributed by atoms with van der Waals surface area (Å²) in [6, 6.07) is 3.92. The van der Waals surface area contributed by atoms with Gasteiger partial charge in [-0.2, -0.15) is 5.26 Å². The van der Waals surface area contributed by atoms with E-state index < -0.39 is 0 Å². The summed E-state index contributed by atoms with van der Waals surface area (Å²) in [7, 11) is 0. The van der Waals surface area contributed by atoms with Crippen LogP contribution in [-0.4, -0.2) is 41.1 Å². The molecule has 1 saturated heterocycles. The Morgan fingerprint density at radius 3 is 3.19 bits per heavy atom. The van der Waals surface area contributed by atoms with E-state index in [1.165, 1.54) is 11.3 Å². The molecule has 1 aromatic rings. The Morgan fingerprint density at radius 2 is 2.48 bits per heavy atom. The SMILES string of the molecule is CC(O)C1CCCCN1CCC(=O)Nc1sccc1C#N. The minimum absolute atomic E-state index is 0.0798. The average molecular weight is 307 g/mol. The monoisotopic (exact) mass is 307 g/mol. The van der Waals surface area contributed by atoms with E-state index in [0.29, 0.717) is 23.5 Å². The molecule has 0 aromatic carbocycles. The topological polar surface area (TPSA) is 76.4 Å². The van der Waals surface area contributed by atoms with Crippen molar-refractivity contribution < 1.29 is 9.90 Å². The number of thiophene rings is 1. The number of anilines is 1. The molecule has 2 heterocycles. The number of aliphatic hydroxyl groups is 1. The molecule has 0 radical (unpaired) electrons. The number of piperidine rings is 1. The first kappa shape index (κ1) is 16.0. The smallest absolute Gasteiger partial charge is 0.226 e. The molecule has 1 amide bonds. The molecule has 0 aliphatic carbocycles. The molecule has 2 atom stereocenters. The lowest BCUT2D eigenvalue weighted by Crippen LogP contribution is -2.46. The fraction of sp³-hybridized carbons (Fsp3) is 0.600. The predicted molar refractivity (Wildman–Crippen MR) is 83.2 cm³/mol. The van der Waals surface area contributed by atoms with E-state index in [0.717, 1.165) is 25.8 Å². The summed E-state index contributed by atoms with van der Waals surface area (Å²) >= 11 is 1.36. The van der Waals surface area contributed by atoms with Gasteiger partial charge in [0, 0.05) is 19.0 Å². The van der Waals surface area contributed by atoms with Crippen LogP contribution in [0.1, 0.15) is 38.2 Å². The van der Waals surface area contributed by atoms with E-state index in [2.05, 4.69) is 16.3 Å². The number of carbonyl (C=O) groups is 1. The van der Waals surface area contributed by atoms with Crippen LogP contribution in [0.5, 0.6) is 0 Å². The first-order valence-corrected chi connectivity index (χ1v) is 8.19. The molecule has 114 valence electrons. The van der Waals surface area contributed by atoms with Crippen molar-refractivity contribution in [1.82, 2.24) is 4.90 Å². The third-order valence-electron chi connectivity index (χ3n) is 3.89. The number of hydrogen-bond donors (Lipinski definition) is 2. The van der Waals surface area contributed by atoms with Crippen LogP contribution in [0.4, 0.5) is 5.00 Å². The number of carbonyl (C=O) groups excluding carboxylic acids is 1. The van der Waals surface area contributed by atoms with Gasteiger partial charge in [0.05, 0.1) is 11.7 Å². The number of nitriles is 1. The summed E-state index contributed by atoms with van der Waals surface area (Å²) in [5, 5.41) is 23.9. The zero-order valence-corrected chi connectivity index (χ0v) is 13.0. The second-order valence-electron chi connectivity index (χ2n) is 5.41. The Kier molecular flexibility index (Phi) is 5.74. The van der Waals surface area contributed by atoms with Gasteiger partial charge >= 0.3 is 0 Å². The molecule has 0 spiro atoms. The van der Waals surface area contributed by atoms with Crippen molar-refractivity contribution in [2.24, 2.45) is 0 Å². The van der Waals surface area contributed by atoms with Crippen LogP contribution >= 0.6 is 11.3 Å². The van der Waals surface area contributed by atoms with E-state index in [4.69, 9.17) is 5.26 Å². The van der Waals surface area contributed by atoms with Gasteiger partial charge in [0.15, 0.2) is 0 Å². The van der Waals surface area contributed by atoms with Gasteiger partial charge in [-0.3, -0.25) is 9.69 Å². The molecular weight excluding hydrogens is 286 g/mol. The summed E-state index contributed by atoms with van der Waals surface area (Å²) in [6.07, 6.45) is 3.26. The number of nitrogens with zero attached hydrogens (tertiary/aromatic N) is 2. The second kappa shape index (κ2) is 7.55. The molecule has 1 aromatic heterocycles. The highest BCUT2D eigenvalue weighted by atomic mass is 32.1. The van der Waals surface area contributed by atoms with Crippen molar-refractivity contribution in [3.8, 4) is 6.07 Å². The standard InChI is InChI=1S/C15H21N3O2S/c1-11(19)13-4-2-3-7-18(13)8-5-14(20)17-15-12(10-16)6-9-21-15/h6,9,11,13,19H,2-5,7-8H2,1H3,(H,17,20). The van der Waals surface area contributed by atoms with Crippen LogP contribution in [0.15, 0.2) is 11.4 Å². The largest absolute Gasteiger partial charge is 0.392 e.